The third-order valence-electron chi connectivity index (χ3n) is 1.71. The van der Waals surface area contributed by atoms with Crippen LogP contribution in [0.15, 0.2) is 16.6 Å². The SMILES string of the molecule is NC(=O)c1cc(C(F)(F)F)c(N)cc1Br. The van der Waals surface area contributed by atoms with E-state index in [4.69, 9.17) is 11.5 Å². The molecule has 1 rings (SSSR count). The number of hydrogen-bond acceptors (Lipinski definition) is 2. The first-order valence-electron chi connectivity index (χ1n) is 3.69. The predicted molar refractivity (Wildman–Crippen MR) is 52.1 cm³/mol. The zero-order valence-corrected chi connectivity index (χ0v) is 8.82. The minimum absolute atomic E-state index is 0.139. The van der Waals surface area contributed by atoms with Crippen LogP contribution in [0.1, 0.15) is 15.9 Å². The summed E-state index contributed by atoms with van der Waals surface area (Å²) < 4.78 is 37.3. The highest BCUT2D eigenvalue weighted by Crippen LogP contribution is 2.36. The zero-order valence-electron chi connectivity index (χ0n) is 7.23. The van der Waals surface area contributed by atoms with Crippen molar-refractivity contribution in [3.05, 3.63) is 27.7 Å². The molecule has 1 aromatic carbocycles. The molecular weight excluding hydrogens is 277 g/mol. The van der Waals surface area contributed by atoms with E-state index >= 15 is 0 Å². The lowest BCUT2D eigenvalue weighted by atomic mass is 10.1. The minimum Gasteiger partial charge on any atom is -0.398 e. The van der Waals surface area contributed by atoms with Crippen LogP contribution in [0.25, 0.3) is 0 Å². The van der Waals surface area contributed by atoms with Crippen LogP contribution in [0.4, 0.5) is 18.9 Å². The number of halogens is 4. The summed E-state index contributed by atoms with van der Waals surface area (Å²) in [5.41, 5.74) is 8.29. The van der Waals surface area contributed by atoms with Gasteiger partial charge in [-0.25, -0.2) is 0 Å². The number of nitrogens with two attached hydrogens (primary N) is 2. The second kappa shape index (κ2) is 3.73. The van der Waals surface area contributed by atoms with Crippen LogP contribution in [0.2, 0.25) is 0 Å². The van der Waals surface area contributed by atoms with Crippen molar-refractivity contribution in [2.45, 2.75) is 6.18 Å². The molecule has 15 heavy (non-hydrogen) atoms. The normalized spacial score (nSPS) is 11.5. The summed E-state index contributed by atoms with van der Waals surface area (Å²) in [5, 5.41) is 0. The summed E-state index contributed by atoms with van der Waals surface area (Å²) in [6.45, 7) is 0. The second-order valence-electron chi connectivity index (χ2n) is 2.78. The van der Waals surface area contributed by atoms with E-state index in [1.54, 1.807) is 0 Å². The lowest BCUT2D eigenvalue weighted by molar-refractivity contribution is -0.136. The molecule has 0 radical (unpaired) electrons. The van der Waals surface area contributed by atoms with Gasteiger partial charge in [-0.05, 0) is 28.1 Å². The number of benzene rings is 1. The summed E-state index contributed by atoms with van der Waals surface area (Å²) in [4.78, 5) is 10.8. The molecule has 0 unspecified atom stereocenters. The number of alkyl halides is 3. The highest BCUT2D eigenvalue weighted by Gasteiger charge is 2.34. The first kappa shape index (κ1) is 11.8. The van der Waals surface area contributed by atoms with E-state index in [-0.39, 0.29) is 10.0 Å². The van der Waals surface area contributed by atoms with E-state index in [2.05, 4.69) is 15.9 Å². The van der Waals surface area contributed by atoms with Gasteiger partial charge in [0, 0.05) is 10.2 Å². The Balaban J connectivity index is 3.43. The van der Waals surface area contributed by atoms with Crippen molar-refractivity contribution in [3.8, 4) is 0 Å². The highest BCUT2D eigenvalue weighted by atomic mass is 79.9. The molecule has 0 spiro atoms. The van der Waals surface area contributed by atoms with Crippen LogP contribution in [0.5, 0.6) is 0 Å². The third-order valence-corrected chi connectivity index (χ3v) is 2.37. The molecule has 0 aliphatic heterocycles. The van der Waals surface area contributed by atoms with Crippen molar-refractivity contribution in [1.82, 2.24) is 0 Å². The monoisotopic (exact) mass is 282 g/mol. The molecule has 0 aliphatic carbocycles. The van der Waals surface area contributed by atoms with Crippen molar-refractivity contribution in [3.63, 3.8) is 0 Å². The zero-order chi connectivity index (χ0) is 11.8. The van der Waals surface area contributed by atoms with Crippen LogP contribution >= 0.6 is 15.9 Å². The Morgan fingerprint density at radius 2 is 1.87 bits per heavy atom. The summed E-state index contributed by atoms with van der Waals surface area (Å²) in [5.74, 6) is -0.952. The van der Waals surface area contributed by atoms with Crippen LogP contribution < -0.4 is 11.5 Å². The Morgan fingerprint density at radius 1 is 1.33 bits per heavy atom. The number of carbonyl (C=O) groups excluding carboxylic acids is 1. The van der Waals surface area contributed by atoms with Crippen molar-refractivity contribution in [2.24, 2.45) is 5.73 Å². The van der Waals surface area contributed by atoms with E-state index in [9.17, 15) is 18.0 Å². The lowest BCUT2D eigenvalue weighted by Gasteiger charge is -2.11. The van der Waals surface area contributed by atoms with Gasteiger partial charge in [0.15, 0.2) is 0 Å². The van der Waals surface area contributed by atoms with Crippen LogP contribution in [-0.4, -0.2) is 5.91 Å². The van der Waals surface area contributed by atoms with E-state index in [0.29, 0.717) is 6.07 Å². The fourth-order valence-corrected chi connectivity index (χ4v) is 1.58. The fourth-order valence-electron chi connectivity index (χ4n) is 1.02. The van der Waals surface area contributed by atoms with Gasteiger partial charge in [-0.2, -0.15) is 13.2 Å². The fraction of sp³-hybridized carbons (Fsp3) is 0.125. The Labute approximate surface area is 91.4 Å². The summed E-state index contributed by atoms with van der Waals surface area (Å²) in [7, 11) is 0. The molecule has 0 saturated heterocycles. The average molecular weight is 283 g/mol. The molecule has 0 bridgehead atoms. The molecule has 0 saturated carbocycles. The second-order valence-corrected chi connectivity index (χ2v) is 3.64. The maximum Gasteiger partial charge on any atom is 0.418 e. The van der Waals surface area contributed by atoms with Crippen LogP contribution in [-0.2, 0) is 6.18 Å². The maximum absolute atomic E-state index is 12.4. The molecule has 4 N–H and O–H groups in total. The molecule has 0 heterocycles. The number of anilines is 1. The highest BCUT2D eigenvalue weighted by molar-refractivity contribution is 9.10. The van der Waals surface area contributed by atoms with Gasteiger partial charge >= 0.3 is 6.18 Å². The standard InChI is InChI=1S/C8H6BrF3N2O/c9-5-2-6(13)4(8(10,11)12)1-3(5)7(14)15/h1-2H,13H2,(H2,14,15). The minimum atomic E-state index is -4.60. The molecule has 7 heteroatoms. The Hall–Kier alpha value is -1.24. The smallest absolute Gasteiger partial charge is 0.398 e. The van der Waals surface area contributed by atoms with Gasteiger partial charge in [-0.1, -0.05) is 0 Å². The number of rotatable bonds is 1. The van der Waals surface area contributed by atoms with Gasteiger partial charge in [0.1, 0.15) is 0 Å². The topological polar surface area (TPSA) is 69.1 Å². The quantitative estimate of drug-likeness (QED) is 0.775. The Kier molecular flexibility index (Phi) is 2.94. The van der Waals surface area contributed by atoms with E-state index < -0.39 is 23.3 Å². The molecule has 0 atom stereocenters. The molecular formula is C8H6BrF3N2O. The Bertz CT molecular complexity index is 417. The molecule has 1 amide bonds. The van der Waals surface area contributed by atoms with Crippen molar-refractivity contribution in [2.75, 3.05) is 5.73 Å². The first-order chi connectivity index (χ1) is 6.73. The number of hydrogen-bond donors (Lipinski definition) is 2. The van der Waals surface area contributed by atoms with Gasteiger partial charge in [0.05, 0.1) is 11.1 Å². The van der Waals surface area contributed by atoms with E-state index in [1.165, 1.54) is 0 Å². The third kappa shape index (κ3) is 2.41. The van der Waals surface area contributed by atoms with Crippen LogP contribution in [0, 0.1) is 0 Å². The van der Waals surface area contributed by atoms with Gasteiger partial charge in [-0.3, -0.25) is 4.79 Å². The van der Waals surface area contributed by atoms with E-state index in [0.717, 1.165) is 6.07 Å². The first-order valence-corrected chi connectivity index (χ1v) is 4.49. The van der Waals surface area contributed by atoms with Crippen molar-refractivity contribution in [1.29, 1.82) is 0 Å². The van der Waals surface area contributed by atoms with Gasteiger partial charge in [0.25, 0.3) is 0 Å². The molecule has 0 aromatic heterocycles. The average Bonchev–Trinajstić information content (AvgIpc) is 2.00. The number of amides is 1. The maximum atomic E-state index is 12.4. The van der Waals surface area contributed by atoms with Crippen LogP contribution in [0.3, 0.4) is 0 Å². The molecule has 0 fully saturated rings. The lowest BCUT2D eigenvalue weighted by Crippen LogP contribution is -2.16. The van der Waals surface area contributed by atoms with Crippen molar-refractivity contribution < 1.29 is 18.0 Å². The number of primary amides is 1. The molecule has 82 valence electrons. The number of carbonyl (C=O) groups is 1. The molecule has 3 nitrogen and oxygen atoms in total. The summed E-state index contributed by atoms with van der Waals surface area (Å²) in [6.07, 6.45) is -4.60. The summed E-state index contributed by atoms with van der Waals surface area (Å²) in [6, 6.07) is 1.63. The van der Waals surface area contributed by atoms with Gasteiger partial charge in [-0.15, -0.1) is 0 Å². The largest absolute Gasteiger partial charge is 0.418 e. The predicted octanol–water partition coefficient (Wildman–Crippen LogP) is 2.15. The van der Waals surface area contributed by atoms with Gasteiger partial charge < -0.3 is 11.5 Å². The Morgan fingerprint density at radius 3 is 2.27 bits per heavy atom. The summed E-state index contributed by atoms with van der Waals surface area (Å²) >= 11 is 2.90. The molecule has 0 aliphatic rings. The molecule has 1 aromatic rings. The van der Waals surface area contributed by atoms with Crippen molar-refractivity contribution >= 4 is 27.5 Å². The van der Waals surface area contributed by atoms with Gasteiger partial charge in [0.2, 0.25) is 5.91 Å². The van der Waals surface area contributed by atoms with E-state index in [1.807, 2.05) is 0 Å². The number of nitrogen functional groups attached to an aromatic ring is 1.